The van der Waals surface area contributed by atoms with Crippen LogP contribution in [-0.2, 0) is 14.4 Å². The number of anilines is 1. The molecule has 0 saturated carbocycles. The molecule has 1 aromatic rings. The third-order valence-electron chi connectivity index (χ3n) is 5.38. The molecule has 29 heavy (non-hydrogen) atoms. The molecular weight excluding hydrogens is 372 g/mol. The van der Waals surface area contributed by atoms with Crippen molar-refractivity contribution in [1.82, 2.24) is 14.7 Å². The molecule has 1 saturated heterocycles. The molecule has 2 heterocycles. The van der Waals surface area contributed by atoms with Crippen molar-refractivity contribution < 1.29 is 19.1 Å². The van der Waals surface area contributed by atoms with Gasteiger partial charge in [0.1, 0.15) is 12.4 Å². The second-order valence-electron chi connectivity index (χ2n) is 7.66. The SMILES string of the molecule is CN(C)C(=O)CN1CCCN(C(=O)CCC(=O)N2CCOc3ccccc32)CC1. The summed E-state index contributed by atoms with van der Waals surface area (Å²) in [6, 6.07) is 7.48. The van der Waals surface area contributed by atoms with E-state index < -0.39 is 0 Å². The number of hydrogen-bond acceptors (Lipinski definition) is 5. The van der Waals surface area contributed by atoms with Crippen molar-refractivity contribution in [1.29, 1.82) is 0 Å². The molecule has 8 heteroatoms. The quantitative estimate of drug-likeness (QED) is 0.729. The highest BCUT2D eigenvalue weighted by molar-refractivity contribution is 5.97. The first kappa shape index (κ1) is 21.1. The van der Waals surface area contributed by atoms with Crippen molar-refractivity contribution in [2.45, 2.75) is 19.3 Å². The summed E-state index contributed by atoms with van der Waals surface area (Å²) in [6.45, 7) is 4.08. The van der Waals surface area contributed by atoms with Gasteiger partial charge in [0.15, 0.2) is 0 Å². The Labute approximate surface area is 172 Å². The molecule has 1 aromatic carbocycles. The van der Waals surface area contributed by atoms with Crippen molar-refractivity contribution in [2.75, 3.05) is 64.9 Å². The fourth-order valence-electron chi connectivity index (χ4n) is 3.65. The zero-order valence-electron chi connectivity index (χ0n) is 17.3. The van der Waals surface area contributed by atoms with E-state index in [9.17, 15) is 14.4 Å². The molecule has 0 unspecified atom stereocenters. The summed E-state index contributed by atoms with van der Waals surface area (Å²) < 4.78 is 5.59. The van der Waals surface area contributed by atoms with Crippen molar-refractivity contribution in [3.63, 3.8) is 0 Å². The molecule has 0 atom stereocenters. The van der Waals surface area contributed by atoms with Crippen molar-refractivity contribution in [3.8, 4) is 5.75 Å². The minimum absolute atomic E-state index is 0.000630. The third kappa shape index (κ3) is 5.47. The van der Waals surface area contributed by atoms with E-state index in [2.05, 4.69) is 4.90 Å². The monoisotopic (exact) mass is 402 g/mol. The van der Waals surface area contributed by atoms with Crippen LogP contribution in [0, 0.1) is 0 Å². The molecule has 8 nitrogen and oxygen atoms in total. The number of likely N-dealkylation sites (N-methyl/N-ethyl adjacent to an activating group) is 1. The lowest BCUT2D eigenvalue weighted by molar-refractivity contribution is -0.133. The Hall–Kier alpha value is -2.61. The number of carbonyl (C=O) groups excluding carboxylic acids is 3. The fraction of sp³-hybridized carbons (Fsp3) is 0.571. The largest absolute Gasteiger partial charge is 0.490 e. The molecule has 3 rings (SSSR count). The third-order valence-corrected chi connectivity index (χ3v) is 5.38. The van der Waals surface area contributed by atoms with Crippen LogP contribution in [0.3, 0.4) is 0 Å². The van der Waals surface area contributed by atoms with E-state index in [0.29, 0.717) is 45.1 Å². The smallest absolute Gasteiger partial charge is 0.236 e. The average Bonchev–Trinajstić information content (AvgIpc) is 2.97. The van der Waals surface area contributed by atoms with Gasteiger partial charge in [-0.25, -0.2) is 0 Å². The van der Waals surface area contributed by atoms with Gasteiger partial charge in [0, 0.05) is 53.1 Å². The summed E-state index contributed by atoms with van der Waals surface area (Å²) in [4.78, 5) is 44.5. The molecule has 3 amide bonds. The Bertz CT molecular complexity index is 752. The van der Waals surface area contributed by atoms with Crippen LogP contribution in [0.15, 0.2) is 24.3 Å². The van der Waals surface area contributed by atoms with Crippen molar-refractivity contribution >= 4 is 23.4 Å². The van der Waals surface area contributed by atoms with E-state index in [1.165, 1.54) is 0 Å². The first-order chi connectivity index (χ1) is 14.0. The minimum atomic E-state index is -0.0536. The zero-order chi connectivity index (χ0) is 20.8. The van der Waals surface area contributed by atoms with E-state index >= 15 is 0 Å². The molecule has 0 radical (unpaired) electrons. The van der Waals surface area contributed by atoms with Gasteiger partial charge < -0.3 is 19.4 Å². The minimum Gasteiger partial charge on any atom is -0.490 e. The van der Waals surface area contributed by atoms with Gasteiger partial charge in [-0.05, 0) is 18.6 Å². The summed E-state index contributed by atoms with van der Waals surface area (Å²) >= 11 is 0. The normalized spacial score (nSPS) is 17.2. The fourth-order valence-corrected chi connectivity index (χ4v) is 3.65. The van der Waals surface area contributed by atoms with E-state index in [0.717, 1.165) is 18.7 Å². The number of benzene rings is 1. The molecular formula is C21H30N4O4. The Morgan fingerprint density at radius 2 is 1.72 bits per heavy atom. The zero-order valence-corrected chi connectivity index (χ0v) is 17.3. The maximum absolute atomic E-state index is 12.7. The Balaban J connectivity index is 1.48. The van der Waals surface area contributed by atoms with Crippen LogP contribution >= 0.6 is 0 Å². The van der Waals surface area contributed by atoms with Gasteiger partial charge in [-0.2, -0.15) is 0 Å². The predicted octanol–water partition coefficient (Wildman–Crippen LogP) is 0.815. The van der Waals surface area contributed by atoms with Gasteiger partial charge in [-0.3, -0.25) is 19.3 Å². The van der Waals surface area contributed by atoms with Gasteiger partial charge in [0.05, 0.1) is 18.8 Å². The first-order valence-electron chi connectivity index (χ1n) is 10.2. The number of carbonyl (C=O) groups is 3. The number of fused-ring (bicyclic) bond motifs is 1. The second kappa shape index (κ2) is 9.73. The lowest BCUT2D eigenvalue weighted by Crippen LogP contribution is -2.40. The maximum Gasteiger partial charge on any atom is 0.236 e. The molecule has 0 bridgehead atoms. The topological polar surface area (TPSA) is 73.4 Å². The van der Waals surface area contributed by atoms with Crippen LogP contribution < -0.4 is 9.64 Å². The Kier molecular flexibility index (Phi) is 7.09. The van der Waals surface area contributed by atoms with Crippen LogP contribution in [0.25, 0.3) is 0 Å². The number of ether oxygens (including phenoxy) is 1. The van der Waals surface area contributed by atoms with Crippen LogP contribution in [0.5, 0.6) is 5.75 Å². The highest BCUT2D eigenvalue weighted by Crippen LogP contribution is 2.31. The summed E-state index contributed by atoms with van der Waals surface area (Å²) in [6.07, 6.45) is 1.22. The lowest BCUT2D eigenvalue weighted by Gasteiger charge is -2.29. The van der Waals surface area contributed by atoms with Crippen LogP contribution in [-0.4, -0.2) is 92.4 Å². The van der Waals surface area contributed by atoms with Gasteiger partial charge in [0.2, 0.25) is 17.7 Å². The van der Waals surface area contributed by atoms with Crippen LogP contribution in [0.1, 0.15) is 19.3 Å². The van der Waals surface area contributed by atoms with Gasteiger partial charge >= 0.3 is 0 Å². The average molecular weight is 402 g/mol. The summed E-state index contributed by atoms with van der Waals surface area (Å²) in [5.41, 5.74) is 0.771. The molecule has 0 N–H and O–H groups in total. The summed E-state index contributed by atoms with van der Waals surface area (Å²) in [5.74, 6) is 0.724. The second-order valence-corrected chi connectivity index (χ2v) is 7.66. The molecule has 2 aliphatic heterocycles. The predicted molar refractivity (Wildman–Crippen MR) is 110 cm³/mol. The van der Waals surface area contributed by atoms with Crippen molar-refractivity contribution in [3.05, 3.63) is 24.3 Å². The van der Waals surface area contributed by atoms with Gasteiger partial charge in [-0.1, -0.05) is 12.1 Å². The van der Waals surface area contributed by atoms with Crippen LogP contribution in [0.4, 0.5) is 5.69 Å². The summed E-state index contributed by atoms with van der Waals surface area (Å²) in [7, 11) is 3.50. The van der Waals surface area contributed by atoms with E-state index in [1.54, 1.807) is 23.9 Å². The van der Waals surface area contributed by atoms with E-state index in [1.807, 2.05) is 29.2 Å². The molecule has 0 aromatic heterocycles. The molecule has 0 aliphatic carbocycles. The molecule has 2 aliphatic rings. The maximum atomic E-state index is 12.7. The summed E-state index contributed by atoms with van der Waals surface area (Å²) in [5, 5.41) is 0. The van der Waals surface area contributed by atoms with Crippen molar-refractivity contribution in [2.24, 2.45) is 0 Å². The number of nitrogens with zero attached hydrogens (tertiary/aromatic N) is 4. The van der Waals surface area contributed by atoms with Crippen LogP contribution in [0.2, 0.25) is 0 Å². The highest BCUT2D eigenvalue weighted by Gasteiger charge is 2.25. The standard InChI is InChI=1S/C21H30N4O4/c1-22(2)21(28)16-23-10-5-11-24(13-12-23)19(26)8-9-20(27)25-14-15-29-18-7-4-3-6-17(18)25/h3-4,6-7H,5,8-16H2,1-2H3. The number of para-hydroxylation sites is 2. The Morgan fingerprint density at radius 1 is 0.966 bits per heavy atom. The molecule has 158 valence electrons. The van der Waals surface area contributed by atoms with E-state index in [4.69, 9.17) is 4.74 Å². The molecule has 1 fully saturated rings. The van der Waals surface area contributed by atoms with Gasteiger partial charge in [0.25, 0.3) is 0 Å². The van der Waals surface area contributed by atoms with Gasteiger partial charge in [-0.15, -0.1) is 0 Å². The number of amides is 3. The number of hydrogen-bond donors (Lipinski definition) is 0. The van der Waals surface area contributed by atoms with E-state index in [-0.39, 0.29) is 30.6 Å². The highest BCUT2D eigenvalue weighted by atomic mass is 16.5. The first-order valence-corrected chi connectivity index (χ1v) is 10.2. The number of rotatable bonds is 5. The lowest BCUT2D eigenvalue weighted by atomic mass is 10.2. The molecule has 0 spiro atoms. The Morgan fingerprint density at radius 3 is 2.52 bits per heavy atom.